The standard InChI is InChI=1S/C15H18N2O/c1-11(12-6-4-3-5-7-12)17-13-8-9-14(16)15(10-13)18-2/h3-11,17H,16H2,1-2H3. The Labute approximate surface area is 108 Å². The van der Waals surface area contributed by atoms with Gasteiger partial charge in [0.1, 0.15) is 5.75 Å². The Kier molecular flexibility index (Phi) is 3.72. The molecule has 0 aromatic heterocycles. The zero-order valence-corrected chi connectivity index (χ0v) is 10.7. The third-order valence-corrected chi connectivity index (χ3v) is 2.92. The molecule has 2 aromatic rings. The Morgan fingerprint density at radius 2 is 1.83 bits per heavy atom. The van der Waals surface area contributed by atoms with E-state index in [0.29, 0.717) is 11.4 Å². The van der Waals surface area contributed by atoms with Gasteiger partial charge in [-0.05, 0) is 24.6 Å². The van der Waals surface area contributed by atoms with Gasteiger partial charge < -0.3 is 15.8 Å². The molecule has 0 saturated carbocycles. The maximum absolute atomic E-state index is 5.79. The summed E-state index contributed by atoms with van der Waals surface area (Å²) in [5.74, 6) is 0.695. The SMILES string of the molecule is COc1cc(NC(C)c2ccccc2)ccc1N. The molecular weight excluding hydrogens is 224 g/mol. The van der Waals surface area contributed by atoms with Crippen LogP contribution in [0.25, 0.3) is 0 Å². The van der Waals surface area contributed by atoms with Crippen LogP contribution >= 0.6 is 0 Å². The van der Waals surface area contributed by atoms with E-state index in [-0.39, 0.29) is 6.04 Å². The van der Waals surface area contributed by atoms with Gasteiger partial charge in [-0.15, -0.1) is 0 Å². The summed E-state index contributed by atoms with van der Waals surface area (Å²) in [6.45, 7) is 2.12. The van der Waals surface area contributed by atoms with Gasteiger partial charge in [0.05, 0.1) is 12.8 Å². The third kappa shape index (κ3) is 2.74. The highest BCUT2D eigenvalue weighted by Crippen LogP contribution is 2.27. The van der Waals surface area contributed by atoms with Gasteiger partial charge in [-0.3, -0.25) is 0 Å². The molecular formula is C15H18N2O. The van der Waals surface area contributed by atoms with Crippen LogP contribution < -0.4 is 15.8 Å². The number of nitrogens with two attached hydrogens (primary N) is 1. The number of nitrogens with one attached hydrogen (secondary N) is 1. The average molecular weight is 242 g/mol. The van der Waals surface area contributed by atoms with E-state index >= 15 is 0 Å². The fourth-order valence-electron chi connectivity index (χ4n) is 1.88. The molecule has 0 bridgehead atoms. The number of ether oxygens (including phenoxy) is 1. The summed E-state index contributed by atoms with van der Waals surface area (Å²) in [5, 5.41) is 3.42. The molecule has 0 amide bonds. The van der Waals surface area contributed by atoms with Crippen molar-refractivity contribution in [2.45, 2.75) is 13.0 Å². The molecule has 1 atom stereocenters. The van der Waals surface area contributed by atoms with Crippen molar-refractivity contribution in [2.24, 2.45) is 0 Å². The Morgan fingerprint density at radius 1 is 1.11 bits per heavy atom. The van der Waals surface area contributed by atoms with Crippen molar-refractivity contribution in [1.29, 1.82) is 0 Å². The van der Waals surface area contributed by atoms with E-state index in [4.69, 9.17) is 10.5 Å². The average Bonchev–Trinajstić information content (AvgIpc) is 2.42. The predicted octanol–water partition coefficient (Wildman–Crippen LogP) is 3.45. The summed E-state index contributed by atoms with van der Waals surface area (Å²) in [6, 6.07) is 16.2. The molecule has 3 nitrogen and oxygen atoms in total. The highest BCUT2D eigenvalue weighted by atomic mass is 16.5. The van der Waals surface area contributed by atoms with Crippen molar-refractivity contribution in [2.75, 3.05) is 18.2 Å². The number of nitrogen functional groups attached to an aromatic ring is 1. The molecule has 0 fully saturated rings. The van der Waals surface area contributed by atoms with Crippen LogP contribution in [0.2, 0.25) is 0 Å². The van der Waals surface area contributed by atoms with E-state index < -0.39 is 0 Å². The Balaban J connectivity index is 2.14. The number of hydrogen-bond donors (Lipinski definition) is 2. The summed E-state index contributed by atoms with van der Waals surface area (Å²) in [7, 11) is 1.62. The molecule has 3 N–H and O–H groups in total. The fourth-order valence-corrected chi connectivity index (χ4v) is 1.88. The largest absolute Gasteiger partial charge is 0.495 e. The van der Waals surface area contributed by atoms with Gasteiger partial charge in [0.2, 0.25) is 0 Å². The van der Waals surface area contributed by atoms with Crippen LogP contribution in [-0.2, 0) is 0 Å². The minimum Gasteiger partial charge on any atom is -0.495 e. The zero-order valence-electron chi connectivity index (χ0n) is 10.7. The van der Waals surface area contributed by atoms with Crippen LogP contribution in [-0.4, -0.2) is 7.11 Å². The molecule has 94 valence electrons. The number of hydrogen-bond acceptors (Lipinski definition) is 3. The van der Waals surface area contributed by atoms with Gasteiger partial charge in [-0.1, -0.05) is 30.3 Å². The summed E-state index contributed by atoms with van der Waals surface area (Å²) in [5.41, 5.74) is 8.68. The van der Waals surface area contributed by atoms with Crippen molar-refractivity contribution in [3.63, 3.8) is 0 Å². The molecule has 0 aliphatic heterocycles. The second-order valence-corrected chi connectivity index (χ2v) is 4.23. The first-order valence-electron chi connectivity index (χ1n) is 5.95. The molecule has 0 aliphatic carbocycles. The van der Waals surface area contributed by atoms with Crippen molar-refractivity contribution in [3.8, 4) is 5.75 Å². The highest BCUT2D eigenvalue weighted by molar-refractivity contribution is 5.61. The molecule has 3 heteroatoms. The van der Waals surface area contributed by atoms with Crippen molar-refractivity contribution in [3.05, 3.63) is 54.1 Å². The number of rotatable bonds is 4. The molecule has 0 heterocycles. The van der Waals surface area contributed by atoms with Crippen LogP contribution in [0.5, 0.6) is 5.75 Å². The zero-order chi connectivity index (χ0) is 13.0. The lowest BCUT2D eigenvalue weighted by atomic mass is 10.1. The monoisotopic (exact) mass is 242 g/mol. The minimum atomic E-state index is 0.236. The lowest BCUT2D eigenvalue weighted by Gasteiger charge is -2.16. The summed E-state index contributed by atoms with van der Waals surface area (Å²) < 4.78 is 5.21. The topological polar surface area (TPSA) is 47.3 Å². The number of anilines is 2. The van der Waals surface area contributed by atoms with Gasteiger partial charge in [-0.2, -0.15) is 0 Å². The molecule has 18 heavy (non-hydrogen) atoms. The van der Waals surface area contributed by atoms with E-state index in [9.17, 15) is 0 Å². The number of benzene rings is 2. The van der Waals surface area contributed by atoms with E-state index in [1.54, 1.807) is 7.11 Å². The van der Waals surface area contributed by atoms with E-state index in [1.807, 2.05) is 36.4 Å². The predicted molar refractivity (Wildman–Crippen MR) is 75.9 cm³/mol. The number of methoxy groups -OCH3 is 1. The Hall–Kier alpha value is -2.16. The first kappa shape index (κ1) is 12.3. The molecule has 2 aromatic carbocycles. The molecule has 1 unspecified atom stereocenters. The van der Waals surface area contributed by atoms with Crippen LogP contribution in [0, 0.1) is 0 Å². The maximum Gasteiger partial charge on any atom is 0.143 e. The smallest absolute Gasteiger partial charge is 0.143 e. The third-order valence-electron chi connectivity index (χ3n) is 2.92. The lowest BCUT2D eigenvalue weighted by Crippen LogP contribution is -2.06. The molecule has 0 saturated heterocycles. The maximum atomic E-state index is 5.79. The highest BCUT2D eigenvalue weighted by Gasteiger charge is 2.06. The van der Waals surface area contributed by atoms with Gasteiger partial charge in [-0.25, -0.2) is 0 Å². The van der Waals surface area contributed by atoms with Crippen LogP contribution in [0.1, 0.15) is 18.5 Å². The quantitative estimate of drug-likeness (QED) is 0.807. The van der Waals surface area contributed by atoms with Gasteiger partial charge >= 0.3 is 0 Å². The van der Waals surface area contributed by atoms with Crippen molar-refractivity contribution >= 4 is 11.4 Å². The van der Waals surface area contributed by atoms with Crippen molar-refractivity contribution in [1.82, 2.24) is 0 Å². The van der Waals surface area contributed by atoms with Crippen LogP contribution in [0.3, 0.4) is 0 Å². The second-order valence-electron chi connectivity index (χ2n) is 4.23. The van der Waals surface area contributed by atoms with Crippen LogP contribution in [0.15, 0.2) is 48.5 Å². The first-order chi connectivity index (χ1) is 8.70. The molecule has 0 radical (unpaired) electrons. The summed E-state index contributed by atoms with van der Waals surface area (Å²) >= 11 is 0. The van der Waals surface area contributed by atoms with E-state index in [0.717, 1.165) is 5.69 Å². The van der Waals surface area contributed by atoms with E-state index in [2.05, 4.69) is 24.4 Å². The molecule has 0 aliphatic rings. The van der Waals surface area contributed by atoms with E-state index in [1.165, 1.54) is 5.56 Å². The molecule has 0 spiro atoms. The van der Waals surface area contributed by atoms with Crippen LogP contribution in [0.4, 0.5) is 11.4 Å². The Morgan fingerprint density at radius 3 is 2.50 bits per heavy atom. The van der Waals surface area contributed by atoms with Gasteiger partial charge in [0, 0.05) is 17.8 Å². The summed E-state index contributed by atoms with van der Waals surface area (Å²) in [4.78, 5) is 0. The normalized spacial score (nSPS) is 11.9. The first-order valence-corrected chi connectivity index (χ1v) is 5.95. The lowest BCUT2D eigenvalue weighted by molar-refractivity contribution is 0.417. The van der Waals surface area contributed by atoms with Gasteiger partial charge in [0.25, 0.3) is 0 Å². The van der Waals surface area contributed by atoms with Gasteiger partial charge in [0.15, 0.2) is 0 Å². The fraction of sp³-hybridized carbons (Fsp3) is 0.200. The summed E-state index contributed by atoms with van der Waals surface area (Å²) in [6.07, 6.45) is 0. The Bertz CT molecular complexity index is 511. The second kappa shape index (κ2) is 5.45. The molecule has 2 rings (SSSR count). The minimum absolute atomic E-state index is 0.236. The van der Waals surface area contributed by atoms with Crippen molar-refractivity contribution < 1.29 is 4.74 Å².